The molecule has 0 aromatic heterocycles. The van der Waals surface area contributed by atoms with E-state index in [2.05, 4.69) is 21.2 Å². The summed E-state index contributed by atoms with van der Waals surface area (Å²) in [6.07, 6.45) is 6.80. The average molecular weight is 735 g/mol. The molecule has 1 N–H and O–H groups in total. The lowest BCUT2D eigenvalue weighted by Gasteiger charge is -2.48. The van der Waals surface area contributed by atoms with Crippen molar-refractivity contribution in [1.29, 1.82) is 5.26 Å². The maximum atomic E-state index is 14.6. The van der Waals surface area contributed by atoms with Crippen molar-refractivity contribution in [2.24, 2.45) is 17.8 Å². The van der Waals surface area contributed by atoms with Gasteiger partial charge >= 0.3 is 6.09 Å². The molecule has 13 heteroatoms. The first-order valence-corrected chi connectivity index (χ1v) is 19.9. The molecule has 2 aromatic rings. The van der Waals surface area contributed by atoms with Crippen LogP contribution in [0.3, 0.4) is 0 Å². The van der Waals surface area contributed by atoms with Gasteiger partial charge in [-0.3, -0.25) is 4.79 Å². The van der Waals surface area contributed by atoms with Gasteiger partial charge in [-0.25, -0.2) is 17.6 Å². The maximum absolute atomic E-state index is 14.6. The summed E-state index contributed by atoms with van der Waals surface area (Å²) in [6, 6.07) is 16.0. The van der Waals surface area contributed by atoms with E-state index in [1.165, 1.54) is 25.3 Å². The number of hydrogen-bond acceptors (Lipinski definition) is 9. The van der Waals surface area contributed by atoms with Crippen molar-refractivity contribution in [3.05, 3.63) is 72.1 Å². The van der Waals surface area contributed by atoms with E-state index in [1.54, 1.807) is 29.2 Å². The summed E-state index contributed by atoms with van der Waals surface area (Å²) in [5, 5.41) is 13.3. The number of amides is 2. The predicted molar refractivity (Wildman–Crippen MR) is 197 cm³/mol. The van der Waals surface area contributed by atoms with Crippen LogP contribution in [0.25, 0.3) is 0 Å². The van der Waals surface area contributed by atoms with Gasteiger partial charge in [0, 0.05) is 68.9 Å². The second-order valence-electron chi connectivity index (χ2n) is 15.2. The molecule has 1 unspecified atom stereocenters. The third kappa shape index (κ3) is 7.84. The lowest BCUT2D eigenvalue weighted by Crippen LogP contribution is -2.56. The zero-order valence-corrected chi connectivity index (χ0v) is 31.2. The van der Waals surface area contributed by atoms with Gasteiger partial charge in [0.2, 0.25) is 5.91 Å². The molecule has 52 heavy (non-hydrogen) atoms. The van der Waals surface area contributed by atoms with E-state index in [4.69, 9.17) is 4.74 Å². The summed E-state index contributed by atoms with van der Waals surface area (Å²) in [4.78, 5) is 33.1. The predicted octanol–water partition coefficient (Wildman–Crippen LogP) is 4.06. The number of piperidine rings is 1. The van der Waals surface area contributed by atoms with Gasteiger partial charge in [0.15, 0.2) is 9.84 Å². The lowest BCUT2D eigenvalue weighted by atomic mass is 9.59. The number of likely N-dealkylation sites (N-methyl/N-ethyl adjacent to an activating group) is 1. The molecule has 6 rings (SSSR count). The van der Waals surface area contributed by atoms with Crippen LogP contribution in [0.5, 0.6) is 0 Å². The van der Waals surface area contributed by atoms with E-state index in [9.17, 15) is 27.7 Å². The van der Waals surface area contributed by atoms with Crippen LogP contribution in [-0.4, -0.2) is 120 Å². The molecule has 280 valence electrons. The highest BCUT2D eigenvalue weighted by molar-refractivity contribution is 7.92. The summed E-state index contributed by atoms with van der Waals surface area (Å²) in [7, 11) is 1.64. The molecule has 3 atom stereocenters. The van der Waals surface area contributed by atoms with Gasteiger partial charge in [0.25, 0.3) is 0 Å². The number of rotatable bonds is 12. The van der Waals surface area contributed by atoms with Gasteiger partial charge in [-0.15, -0.1) is 0 Å². The summed E-state index contributed by atoms with van der Waals surface area (Å²) in [5.74, 6) is -0.186. The van der Waals surface area contributed by atoms with Crippen LogP contribution in [0.15, 0.2) is 65.6 Å². The molecule has 0 spiro atoms. The molecule has 4 fully saturated rings. The Morgan fingerprint density at radius 3 is 2.40 bits per heavy atom. The fourth-order valence-electron chi connectivity index (χ4n) is 8.78. The third-order valence-corrected chi connectivity index (χ3v) is 13.7. The Labute approximate surface area is 307 Å². The minimum Gasteiger partial charge on any atom is -0.453 e. The van der Waals surface area contributed by atoms with Crippen molar-refractivity contribution in [1.82, 2.24) is 20.0 Å². The highest BCUT2D eigenvalue weighted by Gasteiger charge is 2.53. The van der Waals surface area contributed by atoms with E-state index < -0.39 is 26.6 Å². The first kappa shape index (κ1) is 37.8. The summed E-state index contributed by atoms with van der Waals surface area (Å²) in [5.41, 5.74) is 0.756. The van der Waals surface area contributed by atoms with E-state index >= 15 is 0 Å². The number of nitrogens with zero attached hydrogens (tertiary/aromatic N) is 5. The zero-order chi connectivity index (χ0) is 37.0. The number of alkyl carbamates (subject to hydrolysis) is 1. The first-order valence-electron chi connectivity index (χ1n) is 18.4. The van der Waals surface area contributed by atoms with Crippen LogP contribution in [0.4, 0.5) is 14.9 Å². The number of benzene rings is 2. The van der Waals surface area contributed by atoms with E-state index in [-0.39, 0.29) is 47.6 Å². The van der Waals surface area contributed by atoms with Crippen molar-refractivity contribution >= 4 is 27.5 Å². The largest absolute Gasteiger partial charge is 0.453 e. The van der Waals surface area contributed by atoms with Crippen LogP contribution >= 0.6 is 0 Å². The molecule has 1 aliphatic carbocycles. The number of nitriles is 1. The molecule has 2 amide bonds. The Hall–Kier alpha value is -3.99. The molecule has 2 aromatic carbocycles. The van der Waals surface area contributed by atoms with Crippen LogP contribution in [-0.2, 0) is 24.8 Å². The molecule has 1 saturated carbocycles. The Morgan fingerprint density at radius 2 is 1.77 bits per heavy atom. The molecule has 3 saturated heterocycles. The Bertz CT molecular complexity index is 1760. The van der Waals surface area contributed by atoms with Crippen LogP contribution in [0.2, 0.25) is 0 Å². The fourth-order valence-corrected chi connectivity index (χ4v) is 10.4. The van der Waals surface area contributed by atoms with E-state index in [1.807, 2.05) is 37.2 Å². The Kier molecular flexibility index (Phi) is 11.6. The van der Waals surface area contributed by atoms with Crippen molar-refractivity contribution < 1.29 is 27.1 Å². The average Bonchev–Trinajstić information content (AvgIpc) is 3.54. The zero-order valence-electron chi connectivity index (χ0n) is 30.4. The molecule has 3 heterocycles. The molecule has 11 nitrogen and oxygen atoms in total. The molecular weight excluding hydrogens is 684 g/mol. The number of anilines is 1. The minimum atomic E-state index is -3.53. The van der Waals surface area contributed by atoms with Crippen molar-refractivity contribution in [3.8, 4) is 6.07 Å². The summed E-state index contributed by atoms with van der Waals surface area (Å²) >= 11 is 0. The summed E-state index contributed by atoms with van der Waals surface area (Å²) < 4.78 is 46.0. The van der Waals surface area contributed by atoms with Crippen LogP contribution in [0.1, 0.15) is 37.7 Å². The number of ether oxygens (including phenoxy) is 1. The van der Waals surface area contributed by atoms with Gasteiger partial charge in [-0.05, 0) is 101 Å². The van der Waals surface area contributed by atoms with Crippen LogP contribution in [0, 0.1) is 34.9 Å². The second-order valence-corrected chi connectivity index (χ2v) is 17.4. The highest BCUT2D eigenvalue weighted by Crippen LogP contribution is 2.50. The second kappa shape index (κ2) is 15.9. The van der Waals surface area contributed by atoms with Gasteiger partial charge in [0.1, 0.15) is 11.1 Å². The monoisotopic (exact) mass is 734 g/mol. The number of likely N-dealkylation sites (tertiary alicyclic amines) is 2. The smallest absolute Gasteiger partial charge is 0.407 e. The lowest BCUT2D eigenvalue weighted by molar-refractivity contribution is -0.129. The number of methoxy groups -OCH3 is 1. The SMILES string of the molecule is COC(=O)N[C@H]1CCC[C@@H]1C(C#N)(c1cccc(F)c1)C1CCN(CC2CN(c3ccc(S(=O)(=O)C4CN(C(=O)/C=C/CN(C)C)C4)cc3)C2)CC1. The van der Waals surface area contributed by atoms with Gasteiger partial charge in [-0.1, -0.05) is 24.6 Å². The van der Waals surface area contributed by atoms with Gasteiger partial charge < -0.3 is 29.7 Å². The molecule has 0 radical (unpaired) electrons. The van der Waals surface area contributed by atoms with E-state index in [0.717, 1.165) is 70.5 Å². The van der Waals surface area contributed by atoms with Crippen LogP contribution < -0.4 is 10.2 Å². The number of nitrogens with one attached hydrogen (secondary N) is 1. The van der Waals surface area contributed by atoms with Crippen molar-refractivity contribution in [2.45, 2.75) is 53.7 Å². The highest BCUT2D eigenvalue weighted by atomic mass is 32.2. The molecule has 4 aliphatic rings. The normalized spacial score (nSPS) is 23.2. The number of hydrogen-bond donors (Lipinski definition) is 1. The Balaban J connectivity index is 1.01. The Morgan fingerprint density at radius 1 is 1.06 bits per heavy atom. The van der Waals surface area contributed by atoms with E-state index in [0.29, 0.717) is 18.0 Å². The van der Waals surface area contributed by atoms with Gasteiger partial charge in [0.05, 0.1) is 23.5 Å². The molecule has 0 bridgehead atoms. The summed E-state index contributed by atoms with van der Waals surface area (Å²) in [6.45, 7) is 5.42. The fraction of sp³-hybridized carbons (Fsp3) is 0.564. The number of carbonyl (C=O) groups excluding carboxylic acids is 2. The third-order valence-electron chi connectivity index (χ3n) is 11.6. The number of halogens is 1. The minimum absolute atomic E-state index is 0.0155. The quantitative estimate of drug-likeness (QED) is 0.322. The van der Waals surface area contributed by atoms with Crippen molar-refractivity contribution in [3.63, 3.8) is 0 Å². The molecular formula is C39H51FN6O5S. The standard InChI is InChI=1S/C39H51FN6O5S/c1-43(2)18-6-11-37(47)46-25-34(26-46)52(49,50)33-14-12-32(13-15-33)45-23-28(24-45)22-44-19-16-29(17-20-44)39(27-41,30-7-4-8-31(40)21-30)35-9-5-10-36(35)42-38(48)51-3/h4,6-8,11-15,21,28-29,34-36H,5,9-10,16-20,22-26H2,1-3H3,(H,42,48)/b11-6+/t35-,36-,39?/m0/s1. The maximum Gasteiger partial charge on any atom is 0.407 e. The number of sulfone groups is 1. The first-order chi connectivity index (χ1) is 24.9. The van der Waals surface area contributed by atoms with Gasteiger partial charge in [-0.2, -0.15) is 5.26 Å². The van der Waals surface area contributed by atoms with Crippen molar-refractivity contribution in [2.75, 3.05) is 78.5 Å². The molecule has 3 aliphatic heterocycles. The number of carbonyl (C=O) groups is 2. The topological polar surface area (TPSA) is 126 Å².